The molecule has 1 unspecified atom stereocenters. The molecule has 3 aromatic carbocycles. The summed E-state index contributed by atoms with van der Waals surface area (Å²) in [6, 6.07) is 21.9. The highest BCUT2D eigenvalue weighted by Crippen LogP contribution is 2.25. The predicted octanol–water partition coefficient (Wildman–Crippen LogP) is 4.01. The largest absolute Gasteiger partial charge is 0.496 e. The molecule has 0 radical (unpaired) electrons. The highest BCUT2D eigenvalue weighted by atomic mass is 32.2. The van der Waals surface area contributed by atoms with Crippen molar-refractivity contribution >= 4 is 21.6 Å². The van der Waals surface area contributed by atoms with Crippen molar-refractivity contribution in [2.75, 3.05) is 18.5 Å². The summed E-state index contributed by atoms with van der Waals surface area (Å²) in [6.45, 7) is 1.88. The van der Waals surface area contributed by atoms with Gasteiger partial charge >= 0.3 is 0 Å². The van der Waals surface area contributed by atoms with Crippen LogP contribution in [0.15, 0.2) is 83.8 Å². The third-order valence-electron chi connectivity index (χ3n) is 4.85. The van der Waals surface area contributed by atoms with Crippen molar-refractivity contribution in [2.45, 2.75) is 17.9 Å². The fraction of sp³-hybridized carbons (Fsp3) is 0.174. The number of carbonyl (C=O) groups excluding carboxylic acids is 1. The smallest absolute Gasteiger partial charge is 0.264 e. The van der Waals surface area contributed by atoms with Crippen LogP contribution in [0, 0.1) is 0 Å². The van der Waals surface area contributed by atoms with E-state index in [9.17, 15) is 13.2 Å². The maximum atomic E-state index is 12.7. The van der Waals surface area contributed by atoms with Crippen molar-refractivity contribution in [3.8, 4) is 5.75 Å². The molecule has 1 N–H and O–H groups in total. The molecule has 0 aliphatic rings. The number of amides is 1. The summed E-state index contributed by atoms with van der Waals surface area (Å²) in [6.07, 6.45) is 0. The Balaban J connectivity index is 1.74. The van der Waals surface area contributed by atoms with Gasteiger partial charge in [0.05, 0.1) is 23.7 Å². The van der Waals surface area contributed by atoms with Gasteiger partial charge in [-0.15, -0.1) is 0 Å². The van der Waals surface area contributed by atoms with E-state index in [0.717, 1.165) is 5.56 Å². The lowest BCUT2D eigenvalue weighted by Gasteiger charge is -2.20. The van der Waals surface area contributed by atoms with Gasteiger partial charge in [-0.3, -0.25) is 9.10 Å². The molecule has 3 rings (SSSR count). The average molecular weight is 425 g/mol. The minimum Gasteiger partial charge on any atom is -0.496 e. The SMILES string of the molecule is COc1ccccc1C(C)NC(=O)c1ccc(N(C)S(=O)(=O)c2ccccc2)cc1. The summed E-state index contributed by atoms with van der Waals surface area (Å²) >= 11 is 0. The molecule has 3 aromatic rings. The molecule has 30 heavy (non-hydrogen) atoms. The van der Waals surface area contributed by atoms with Crippen LogP contribution in [-0.2, 0) is 10.0 Å². The summed E-state index contributed by atoms with van der Waals surface area (Å²) in [5.74, 6) is 0.446. The number of hydrogen-bond donors (Lipinski definition) is 1. The summed E-state index contributed by atoms with van der Waals surface area (Å²) < 4.78 is 32.0. The van der Waals surface area contributed by atoms with E-state index in [2.05, 4.69) is 5.32 Å². The third kappa shape index (κ3) is 4.46. The van der Waals surface area contributed by atoms with E-state index in [1.165, 1.54) is 11.4 Å². The van der Waals surface area contributed by atoms with Crippen molar-refractivity contribution in [3.63, 3.8) is 0 Å². The quantitative estimate of drug-likeness (QED) is 0.622. The molecule has 0 heterocycles. The van der Waals surface area contributed by atoms with Crippen LogP contribution in [0.5, 0.6) is 5.75 Å². The zero-order valence-electron chi connectivity index (χ0n) is 17.1. The standard InChI is InChI=1S/C23H24N2O4S/c1-17(21-11-7-8-12-22(21)29-3)24-23(26)18-13-15-19(16-14-18)25(2)30(27,28)20-9-5-4-6-10-20/h4-17H,1-3H3,(H,24,26). The molecular weight excluding hydrogens is 400 g/mol. The highest BCUT2D eigenvalue weighted by Gasteiger charge is 2.21. The topological polar surface area (TPSA) is 75.7 Å². The van der Waals surface area contributed by atoms with E-state index in [0.29, 0.717) is 17.0 Å². The van der Waals surface area contributed by atoms with Gasteiger partial charge in [0.2, 0.25) is 0 Å². The summed E-state index contributed by atoms with van der Waals surface area (Å²) in [7, 11) is -0.592. The summed E-state index contributed by atoms with van der Waals surface area (Å²) in [4.78, 5) is 12.9. The number of anilines is 1. The Labute approximate surface area is 177 Å². The third-order valence-corrected chi connectivity index (χ3v) is 6.65. The minimum absolute atomic E-state index is 0.208. The van der Waals surface area contributed by atoms with Gasteiger partial charge in [-0.1, -0.05) is 36.4 Å². The number of benzene rings is 3. The van der Waals surface area contributed by atoms with Gasteiger partial charge in [-0.2, -0.15) is 0 Å². The molecule has 1 amide bonds. The molecular formula is C23H24N2O4S. The minimum atomic E-state index is -3.67. The normalized spacial score (nSPS) is 12.1. The van der Waals surface area contributed by atoms with E-state index in [1.807, 2.05) is 31.2 Å². The summed E-state index contributed by atoms with van der Waals surface area (Å²) in [5.41, 5.74) is 1.78. The first-order valence-corrected chi connectivity index (χ1v) is 10.9. The second-order valence-electron chi connectivity index (χ2n) is 6.77. The lowest BCUT2D eigenvalue weighted by molar-refractivity contribution is 0.0939. The van der Waals surface area contributed by atoms with E-state index in [1.54, 1.807) is 61.7 Å². The maximum absolute atomic E-state index is 12.7. The van der Waals surface area contributed by atoms with E-state index >= 15 is 0 Å². The Morgan fingerprint density at radius 1 is 0.933 bits per heavy atom. The molecule has 1 atom stereocenters. The second-order valence-corrected chi connectivity index (χ2v) is 8.74. The van der Waals surface area contributed by atoms with Crippen LogP contribution in [0.25, 0.3) is 0 Å². The van der Waals surface area contributed by atoms with Crippen LogP contribution in [-0.4, -0.2) is 28.5 Å². The van der Waals surface area contributed by atoms with Gasteiger partial charge in [0.25, 0.3) is 15.9 Å². The molecule has 0 aromatic heterocycles. The summed E-state index contributed by atoms with van der Waals surface area (Å²) in [5, 5.41) is 2.94. The monoisotopic (exact) mass is 424 g/mol. The lowest BCUT2D eigenvalue weighted by Crippen LogP contribution is -2.28. The van der Waals surface area contributed by atoms with Gasteiger partial charge in [0.1, 0.15) is 5.75 Å². The number of rotatable bonds is 7. The van der Waals surface area contributed by atoms with E-state index < -0.39 is 10.0 Å². The van der Waals surface area contributed by atoms with Gasteiger partial charge in [0.15, 0.2) is 0 Å². The van der Waals surface area contributed by atoms with Crippen molar-refractivity contribution in [1.29, 1.82) is 0 Å². The van der Waals surface area contributed by atoms with Crippen LogP contribution in [0.1, 0.15) is 28.9 Å². The van der Waals surface area contributed by atoms with Crippen LogP contribution in [0.3, 0.4) is 0 Å². The zero-order chi connectivity index (χ0) is 21.7. The molecule has 0 saturated carbocycles. The molecule has 0 saturated heterocycles. The number of hydrogen-bond acceptors (Lipinski definition) is 4. The first-order valence-electron chi connectivity index (χ1n) is 9.42. The van der Waals surface area contributed by atoms with Gasteiger partial charge < -0.3 is 10.1 Å². The number of para-hydroxylation sites is 1. The van der Waals surface area contributed by atoms with E-state index in [-0.39, 0.29) is 16.8 Å². The van der Waals surface area contributed by atoms with Crippen LogP contribution < -0.4 is 14.4 Å². The van der Waals surface area contributed by atoms with Gasteiger partial charge in [0, 0.05) is 18.2 Å². The fourth-order valence-electron chi connectivity index (χ4n) is 3.09. The van der Waals surface area contributed by atoms with Crippen molar-refractivity contribution in [3.05, 3.63) is 90.0 Å². The van der Waals surface area contributed by atoms with Crippen molar-refractivity contribution in [1.82, 2.24) is 5.32 Å². The Hall–Kier alpha value is -3.32. The van der Waals surface area contributed by atoms with Crippen LogP contribution in [0.4, 0.5) is 5.69 Å². The molecule has 156 valence electrons. The van der Waals surface area contributed by atoms with Gasteiger partial charge in [-0.05, 0) is 49.4 Å². The highest BCUT2D eigenvalue weighted by molar-refractivity contribution is 7.92. The first kappa shape index (κ1) is 21.4. The Bertz CT molecular complexity index is 1110. The number of methoxy groups -OCH3 is 1. The molecule has 0 aliphatic carbocycles. The molecule has 6 nitrogen and oxygen atoms in total. The number of nitrogens with zero attached hydrogens (tertiary/aromatic N) is 1. The van der Waals surface area contributed by atoms with E-state index in [4.69, 9.17) is 4.74 Å². The number of carbonyl (C=O) groups is 1. The predicted molar refractivity (Wildman–Crippen MR) is 117 cm³/mol. The number of sulfonamides is 1. The van der Waals surface area contributed by atoms with Crippen molar-refractivity contribution < 1.29 is 17.9 Å². The fourth-order valence-corrected chi connectivity index (χ4v) is 4.31. The Morgan fingerprint density at radius 3 is 2.17 bits per heavy atom. The molecule has 7 heteroatoms. The molecule has 0 spiro atoms. The average Bonchev–Trinajstić information content (AvgIpc) is 2.79. The Morgan fingerprint density at radius 2 is 1.53 bits per heavy atom. The number of ether oxygens (including phenoxy) is 1. The molecule has 0 fully saturated rings. The van der Waals surface area contributed by atoms with Crippen LogP contribution in [0.2, 0.25) is 0 Å². The first-order chi connectivity index (χ1) is 14.3. The molecule has 0 aliphatic heterocycles. The lowest BCUT2D eigenvalue weighted by atomic mass is 10.1. The van der Waals surface area contributed by atoms with Crippen molar-refractivity contribution in [2.24, 2.45) is 0 Å². The molecule has 0 bridgehead atoms. The van der Waals surface area contributed by atoms with Crippen LogP contribution >= 0.6 is 0 Å². The van der Waals surface area contributed by atoms with Gasteiger partial charge in [-0.25, -0.2) is 8.42 Å². The second kappa shape index (κ2) is 9.00. The zero-order valence-corrected chi connectivity index (χ0v) is 17.9. The number of nitrogens with one attached hydrogen (secondary N) is 1. The Kier molecular flexibility index (Phi) is 6.42. The maximum Gasteiger partial charge on any atom is 0.264 e.